The van der Waals surface area contributed by atoms with Crippen LogP contribution < -0.4 is 14.8 Å². The molecular formula is C21H23N3O5. The minimum absolute atomic E-state index is 0.0863. The largest absolute Gasteiger partial charge is 0.486 e. The molecule has 0 saturated carbocycles. The molecule has 1 aromatic carbocycles. The number of aryl methyl sites for hydroxylation is 1. The van der Waals surface area contributed by atoms with Crippen LogP contribution >= 0.6 is 0 Å². The first-order valence-corrected chi connectivity index (χ1v) is 9.39. The van der Waals surface area contributed by atoms with Crippen molar-refractivity contribution in [3.8, 4) is 22.8 Å². The van der Waals surface area contributed by atoms with E-state index in [1.807, 2.05) is 56.3 Å². The zero-order chi connectivity index (χ0) is 20.4. The van der Waals surface area contributed by atoms with E-state index in [0.717, 1.165) is 17.1 Å². The summed E-state index contributed by atoms with van der Waals surface area (Å²) in [4.78, 5) is 14.5. The Morgan fingerprint density at radius 1 is 1.14 bits per heavy atom. The third-order valence-corrected chi connectivity index (χ3v) is 4.74. The van der Waals surface area contributed by atoms with Crippen molar-refractivity contribution in [2.24, 2.45) is 0 Å². The molecule has 4 rings (SSSR count). The summed E-state index contributed by atoms with van der Waals surface area (Å²) in [7, 11) is 3.87. The SMILES string of the molecule is Cc1ccc([C@@H](CNC(=O)c2cc(-c3ccc4c(c3)OCCO4)on2)N(C)C)o1. The van der Waals surface area contributed by atoms with E-state index in [9.17, 15) is 4.79 Å². The number of fused-ring (bicyclic) bond motifs is 1. The predicted molar refractivity (Wildman–Crippen MR) is 105 cm³/mol. The molecule has 152 valence electrons. The number of rotatable bonds is 6. The van der Waals surface area contributed by atoms with Crippen molar-refractivity contribution < 1.29 is 23.2 Å². The average molecular weight is 397 g/mol. The molecule has 0 aliphatic carbocycles. The van der Waals surface area contributed by atoms with Crippen LogP contribution in [0.5, 0.6) is 11.5 Å². The van der Waals surface area contributed by atoms with Gasteiger partial charge in [0, 0.05) is 18.2 Å². The Balaban J connectivity index is 1.44. The number of benzene rings is 1. The summed E-state index contributed by atoms with van der Waals surface area (Å²) >= 11 is 0. The van der Waals surface area contributed by atoms with Crippen LogP contribution in [0.15, 0.2) is 45.3 Å². The van der Waals surface area contributed by atoms with E-state index in [0.29, 0.717) is 37.0 Å². The normalized spacial score (nSPS) is 14.1. The van der Waals surface area contributed by atoms with Crippen LogP contribution in [0, 0.1) is 6.92 Å². The molecule has 1 aliphatic heterocycles. The lowest BCUT2D eigenvalue weighted by Crippen LogP contribution is -2.34. The molecule has 0 fully saturated rings. The van der Waals surface area contributed by atoms with Crippen molar-refractivity contribution >= 4 is 5.91 Å². The molecule has 3 heterocycles. The molecule has 0 unspecified atom stereocenters. The molecule has 3 aromatic rings. The first-order chi connectivity index (χ1) is 14.0. The summed E-state index contributed by atoms with van der Waals surface area (Å²) in [6, 6.07) is 10.8. The summed E-state index contributed by atoms with van der Waals surface area (Å²) in [5.41, 5.74) is 0.973. The molecule has 0 bridgehead atoms. The van der Waals surface area contributed by atoms with Gasteiger partial charge in [0.1, 0.15) is 24.7 Å². The maximum absolute atomic E-state index is 12.6. The van der Waals surface area contributed by atoms with E-state index in [1.165, 1.54) is 0 Å². The van der Waals surface area contributed by atoms with Crippen LogP contribution in [0.1, 0.15) is 28.1 Å². The van der Waals surface area contributed by atoms with Gasteiger partial charge in [-0.2, -0.15) is 0 Å². The third kappa shape index (κ3) is 4.12. The molecule has 8 heteroatoms. The van der Waals surface area contributed by atoms with E-state index in [1.54, 1.807) is 6.07 Å². The summed E-state index contributed by atoms with van der Waals surface area (Å²) in [5, 5.41) is 6.80. The van der Waals surface area contributed by atoms with Crippen molar-refractivity contribution in [2.75, 3.05) is 33.9 Å². The highest BCUT2D eigenvalue weighted by Gasteiger charge is 2.21. The lowest BCUT2D eigenvalue weighted by Gasteiger charge is -2.22. The number of carbonyl (C=O) groups is 1. The van der Waals surface area contributed by atoms with E-state index in [2.05, 4.69) is 10.5 Å². The fourth-order valence-corrected chi connectivity index (χ4v) is 3.16. The Morgan fingerprint density at radius 2 is 1.93 bits per heavy atom. The van der Waals surface area contributed by atoms with Crippen molar-refractivity contribution in [2.45, 2.75) is 13.0 Å². The topological polar surface area (TPSA) is 90.0 Å². The number of hydrogen-bond acceptors (Lipinski definition) is 7. The highest BCUT2D eigenvalue weighted by Crippen LogP contribution is 2.34. The van der Waals surface area contributed by atoms with Crippen molar-refractivity contribution in [3.05, 3.63) is 53.6 Å². The fourth-order valence-electron chi connectivity index (χ4n) is 3.16. The number of nitrogens with one attached hydrogen (secondary N) is 1. The number of aromatic nitrogens is 1. The molecule has 0 spiro atoms. The van der Waals surface area contributed by atoms with Crippen molar-refractivity contribution in [3.63, 3.8) is 0 Å². The molecule has 1 atom stereocenters. The summed E-state index contributed by atoms with van der Waals surface area (Å²) in [5.74, 6) is 3.15. The zero-order valence-corrected chi connectivity index (χ0v) is 16.6. The Labute approximate surface area is 168 Å². The summed E-state index contributed by atoms with van der Waals surface area (Å²) in [6.45, 7) is 3.31. The number of nitrogens with zero attached hydrogens (tertiary/aromatic N) is 2. The summed E-state index contributed by atoms with van der Waals surface area (Å²) in [6.07, 6.45) is 0. The van der Waals surface area contributed by atoms with Crippen LogP contribution in [-0.2, 0) is 0 Å². The van der Waals surface area contributed by atoms with Crippen LogP contribution in [0.3, 0.4) is 0 Å². The zero-order valence-electron chi connectivity index (χ0n) is 16.6. The average Bonchev–Trinajstić information content (AvgIpc) is 3.37. The van der Waals surface area contributed by atoms with Gasteiger partial charge in [-0.3, -0.25) is 9.69 Å². The van der Waals surface area contributed by atoms with E-state index < -0.39 is 0 Å². The number of amides is 1. The summed E-state index contributed by atoms with van der Waals surface area (Å²) < 4.78 is 22.2. The molecular weight excluding hydrogens is 374 g/mol. The number of ether oxygens (including phenoxy) is 2. The molecule has 29 heavy (non-hydrogen) atoms. The van der Waals surface area contributed by atoms with Crippen LogP contribution in [0.25, 0.3) is 11.3 Å². The Kier molecular flexibility index (Phi) is 5.26. The number of hydrogen-bond donors (Lipinski definition) is 1. The van der Waals surface area contributed by atoms with Gasteiger partial charge in [-0.25, -0.2) is 0 Å². The first kappa shape index (κ1) is 19.1. The van der Waals surface area contributed by atoms with Crippen molar-refractivity contribution in [1.82, 2.24) is 15.4 Å². The molecule has 1 N–H and O–H groups in total. The Morgan fingerprint density at radius 3 is 2.66 bits per heavy atom. The van der Waals surface area contributed by atoms with Gasteiger partial charge in [0.05, 0.1) is 6.04 Å². The highest BCUT2D eigenvalue weighted by atomic mass is 16.6. The molecule has 1 aliphatic rings. The maximum atomic E-state index is 12.6. The van der Waals surface area contributed by atoms with Gasteiger partial charge in [-0.1, -0.05) is 5.16 Å². The van der Waals surface area contributed by atoms with E-state index in [4.69, 9.17) is 18.4 Å². The number of furan rings is 1. The van der Waals surface area contributed by atoms with Crippen LogP contribution in [-0.4, -0.2) is 49.8 Å². The fraction of sp³-hybridized carbons (Fsp3) is 0.333. The maximum Gasteiger partial charge on any atom is 0.273 e. The number of likely N-dealkylation sites (N-methyl/N-ethyl adjacent to an activating group) is 1. The molecule has 1 amide bonds. The molecule has 0 saturated heterocycles. The highest BCUT2D eigenvalue weighted by molar-refractivity contribution is 5.93. The predicted octanol–water partition coefficient (Wildman–Crippen LogP) is 3.05. The minimum Gasteiger partial charge on any atom is -0.486 e. The van der Waals surface area contributed by atoms with Gasteiger partial charge >= 0.3 is 0 Å². The lowest BCUT2D eigenvalue weighted by molar-refractivity contribution is 0.0930. The van der Waals surface area contributed by atoms with Gasteiger partial charge in [-0.15, -0.1) is 0 Å². The van der Waals surface area contributed by atoms with Crippen LogP contribution in [0.2, 0.25) is 0 Å². The van der Waals surface area contributed by atoms with Gasteiger partial charge in [0.25, 0.3) is 5.91 Å². The quantitative estimate of drug-likeness (QED) is 0.684. The molecule has 2 aromatic heterocycles. The first-order valence-electron chi connectivity index (χ1n) is 9.39. The van der Waals surface area contributed by atoms with E-state index in [-0.39, 0.29) is 17.6 Å². The second kappa shape index (κ2) is 8.00. The van der Waals surface area contributed by atoms with Gasteiger partial charge in [-0.05, 0) is 51.4 Å². The van der Waals surface area contributed by atoms with Gasteiger partial charge in [0.2, 0.25) is 0 Å². The van der Waals surface area contributed by atoms with Gasteiger partial charge < -0.3 is 23.7 Å². The van der Waals surface area contributed by atoms with E-state index >= 15 is 0 Å². The van der Waals surface area contributed by atoms with Crippen LogP contribution in [0.4, 0.5) is 0 Å². The third-order valence-electron chi connectivity index (χ3n) is 4.74. The second-order valence-electron chi connectivity index (χ2n) is 7.07. The van der Waals surface area contributed by atoms with Gasteiger partial charge in [0.15, 0.2) is 23.0 Å². The Bertz CT molecular complexity index is 1010. The second-order valence-corrected chi connectivity index (χ2v) is 7.07. The molecule has 8 nitrogen and oxygen atoms in total. The smallest absolute Gasteiger partial charge is 0.273 e. The Hall–Kier alpha value is -3.26. The number of carbonyl (C=O) groups excluding carboxylic acids is 1. The monoisotopic (exact) mass is 397 g/mol. The lowest BCUT2D eigenvalue weighted by atomic mass is 10.1. The minimum atomic E-state index is -0.312. The van der Waals surface area contributed by atoms with Crippen molar-refractivity contribution in [1.29, 1.82) is 0 Å². The standard InChI is InChI=1S/C21H23N3O5/c1-13-4-6-17(28-13)16(24(2)3)12-22-21(25)15-11-19(29-23-15)14-5-7-18-20(10-14)27-9-8-26-18/h4-7,10-11,16H,8-9,12H2,1-3H3,(H,22,25)/t16-/m1/s1. The molecule has 0 radical (unpaired) electrons.